The fourth-order valence-electron chi connectivity index (χ4n) is 7.15. The molecule has 4 heterocycles. The molecule has 0 saturated carbocycles. The summed E-state index contributed by atoms with van der Waals surface area (Å²) in [4.78, 5) is 58.1. The minimum atomic E-state index is -1.21. The van der Waals surface area contributed by atoms with E-state index >= 15 is 8.78 Å². The summed E-state index contributed by atoms with van der Waals surface area (Å²) in [6.07, 6.45) is 4.11. The number of urea groups is 1. The molecule has 0 aliphatic carbocycles. The van der Waals surface area contributed by atoms with Crippen molar-refractivity contribution in [3.63, 3.8) is 0 Å². The predicted molar refractivity (Wildman–Crippen MR) is 191 cm³/mol. The van der Waals surface area contributed by atoms with Crippen LogP contribution in [-0.4, -0.2) is 101 Å². The molecule has 288 valence electrons. The molecule has 6 rings (SSSR count). The van der Waals surface area contributed by atoms with Gasteiger partial charge in [-0.25, -0.2) is 22.9 Å². The fourth-order valence-corrected chi connectivity index (χ4v) is 7.15. The SMILES string of the molecule is C[C@@H](COC(=O)CCCN1C(=O)C=CC1=O)NC(=O)N(C[C@@H]1CNC[C@@H]1F)[C@@H](c1nc(-c2cc(F)ccc2F)cn1Cc1ccccc1)C1CCOCC1. The molecule has 0 radical (unpaired) electrons. The lowest BCUT2D eigenvalue weighted by atomic mass is 9.89. The van der Waals surface area contributed by atoms with E-state index in [0.717, 1.165) is 28.7 Å². The number of ether oxygens (including phenoxy) is 2. The number of aromatic nitrogens is 2. The van der Waals surface area contributed by atoms with Gasteiger partial charge in [0.25, 0.3) is 11.8 Å². The summed E-state index contributed by atoms with van der Waals surface area (Å²) < 4.78 is 57.9. The highest BCUT2D eigenvalue weighted by molar-refractivity contribution is 6.12. The maximum Gasteiger partial charge on any atom is 0.318 e. The van der Waals surface area contributed by atoms with Crippen molar-refractivity contribution < 1.29 is 41.8 Å². The quantitative estimate of drug-likeness (QED) is 0.171. The molecule has 2 N–H and O–H groups in total. The molecule has 0 spiro atoms. The molecule has 3 aliphatic heterocycles. The number of nitrogens with zero attached hydrogens (tertiary/aromatic N) is 4. The Balaban J connectivity index is 1.27. The Bertz CT molecular complexity index is 1820. The van der Waals surface area contributed by atoms with Crippen LogP contribution in [0.25, 0.3) is 11.3 Å². The van der Waals surface area contributed by atoms with Crippen molar-refractivity contribution in [2.45, 2.75) is 57.4 Å². The maximum absolute atomic E-state index is 15.3. The molecule has 2 fully saturated rings. The van der Waals surface area contributed by atoms with Gasteiger partial charge in [0, 0.05) is 82.2 Å². The van der Waals surface area contributed by atoms with E-state index in [1.165, 1.54) is 12.2 Å². The molecular weight excluding hydrogens is 705 g/mol. The second-order valence-corrected chi connectivity index (χ2v) is 14.0. The van der Waals surface area contributed by atoms with E-state index in [2.05, 4.69) is 10.6 Å². The Hall–Kier alpha value is -5.02. The first kappa shape index (κ1) is 38.7. The van der Waals surface area contributed by atoms with E-state index in [4.69, 9.17) is 14.5 Å². The first-order valence-electron chi connectivity index (χ1n) is 18.3. The lowest BCUT2D eigenvalue weighted by Crippen LogP contribution is -2.51. The Morgan fingerprint density at radius 2 is 1.81 bits per heavy atom. The highest BCUT2D eigenvalue weighted by Gasteiger charge is 2.40. The number of halogens is 3. The van der Waals surface area contributed by atoms with Crippen LogP contribution < -0.4 is 10.6 Å². The third-order valence-electron chi connectivity index (χ3n) is 10.00. The smallest absolute Gasteiger partial charge is 0.318 e. The minimum absolute atomic E-state index is 0.0270. The van der Waals surface area contributed by atoms with E-state index < -0.39 is 59.6 Å². The molecule has 2 saturated heterocycles. The zero-order valence-electron chi connectivity index (χ0n) is 30.1. The summed E-state index contributed by atoms with van der Waals surface area (Å²) in [5.41, 5.74) is 1.08. The minimum Gasteiger partial charge on any atom is -0.463 e. The number of hydrogen-bond acceptors (Lipinski definition) is 8. The van der Waals surface area contributed by atoms with Gasteiger partial charge in [0.15, 0.2) is 0 Å². The van der Waals surface area contributed by atoms with Crippen LogP contribution in [-0.2, 0) is 30.4 Å². The fraction of sp³-hybridized carbons (Fsp3) is 0.462. The van der Waals surface area contributed by atoms with Crippen LogP contribution in [0, 0.1) is 23.5 Å². The number of amides is 4. The van der Waals surface area contributed by atoms with Crippen LogP contribution in [0.15, 0.2) is 66.9 Å². The van der Waals surface area contributed by atoms with Gasteiger partial charge in [-0.2, -0.15) is 0 Å². The number of rotatable bonds is 15. The van der Waals surface area contributed by atoms with Gasteiger partial charge in [-0.05, 0) is 55.9 Å². The number of imidazole rings is 1. The van der Waals surface area contributed by atoms with Gasteiger partial charge in [0.2, 0.25) is 0 Å². The first-order chi connectivity index (χ1) is 26.1. The standard InChI is InChI=1S/C39H45F3N6O6/c1-25(24-54-36(51)8-5-15-47-34(49)11-12-35(47)50)44-39(52)48(22-28-19-43-20-32(28)42)37(27-13-16-53-17-14-27)38-45-33(30-18-29(40)9-10-31(30)41)23-46(38)21-26-6-3-2-4-7-26/h2-4,6-7,9-12,18,23,25,27-28,32,37,43H,5,8,13-17,19-22,24H2,1H3,(H,44,52)/t25-,28-,32-,37+/m0/s1. The van der Waals surface area contributed by atoms with Crippen LogP contribution >= 0.6 is 0 Å². The van der Waals surface area contributed by atoms with Crippen LogP contribution in [0.5, 0.6) is 0 Å². The summed E-state index contributed by atoms with van der Waals surface area (Å²) in [7, 11) is 0. The zero-order valence-corrected chi connectivity index (χ0v) is 30.1. The van der Waals surface area contributed by atoms with Gasteiger partial charge in [-0.3, -0.25) is 19.3 Å². The first-order valence-corrected chi connectivity index (χ1v) is 18.3. The van der Waals surface area contributed by atoms with Gasteiger partial charge >= 0.3 is 12.0 Å². The number of nitrogens with one attached hydrogen (secondary N) is 2. The molecule has 0 bridgehead atoms. The average molecular weight is 751 g/mol. The predicted octanol–water partition coefficient (Wildman–Crippen LogP) is 4.55. The summed E-state index contributed by atoms with van der Waals surface area (Å²) in [6.45, 7) is 3.30. The third-order valence-corrected chi connectivity index (χ3v) is 10.00. The van der Waals surface area contributed by atoms with E-state index in [9.17, 15) is 23.6 Å². The molecule has 1 aromatic heterocycles. The molecule has 54 heavy (non-hydrogen) atoms. The second-order valence-electron chi connectivity index (χ2n) is 14.0. The van der Waals surface area contributed by atoms with Crippen LogP contribution in [0.4, 0.5) is 18.0 Å². The monoisotopic (exact) mass is 750 g/mol. The van der Waals surface area contributed by atoms with E-state index in [-0.39, 0.29) is 56.3 Å². The molecule has 4 atom stereocenters. The molecule has 3 aliphatic rings. The number of carbonyl (C=O) groups is 4. The molecule has 12 nitrogen and oxygen atoms in total. The number of carbonyl (C=O) groups excluding carboxylic acids is 4. The normalized spacial score (nSPS) is 20.0. The van der Waals surface area contributed by atoms with E-state index in [0.29, 0.717) is 45.0 Å². The van der Waals surface area contributed by atoms with Crippen molar-refractivity contribution in [3.05, 3.63) is 89.9 Å². The van der Waals surface area contributed by atoms with E-state index in [1.807, 2.05) is 34.9 Å². The van der Waals surface area contributed by atoms with Crippen LogP contribution in [0.2, 0.25) is 0 Å². The molecule has 4 amide bonds. The molecule has 0 unspecified atom stereocenters. The van der Waals surface area contributed by atoms with Crippen molar-refractivity contribution >= 4 is 23.8 Å². The van der Waals surface area contributed by atoms with Crippen molar-refractivity contribution in [2.75, 3.05) is 46.0 Å². The van der Waals surface area contributed by atoms with Gasteiger partial charge in [-0.1, -0.05) is 30.3 Å². The van der Waals surface area contributed by atoms with Gasteiger partial charge in [0.1, 0.15) is 30.2 Å². The van der Waals surface area contributed by atoms with Crippen molar-refractivity contribution in [3.8, 4) is 11.3 Å². The maximum atomic E-state index is 15.3. The Morgan fingerprint density at radius 1 is 1.07 bits per heavy atom. The van der Waals surface area contributed by atoms with Crippen molar-refractivity contribution in [1.82, 2.24) is 30.0 Å². The summed E-state index contributed by atoms with van der Waals surface area (Å²) in [6, 6.07) is 10.8. The lowest BCUT2D eigenvalue weighted by molar-refractivity contribution is -0.145. The highest BCUT2D eigenvalue weighted by atomic mass is 19.1. The summed E-state index contributed by atoms with van der Waals surface area (Å²) >= 11 is 0. The summed E-state index contributed by atoms with van der Waals surface area (Å²) in [5.74, 6) is -2.98. The second kappa shape index (κ2) is 17.9. The zero-order chi connectivity index (χ0) is 38.2. The Morgan fingerprint density at radius 3 is 2.52 bits per heavy atom. The lowest BCUT2D eigenvalue weighted by Gasteiger charge is -2.40. The molecule has 2 aromatic carbocycles. The van der Waals surface area contributed by atoms with Gasteiger partial charge in [-0.15, -0.1) is 0 Å². The van der Waals surface area contributed by atoms with Crippen molar-refractivity contribution in [1.29, 1.82) is 0 Å². The topological polar surface area (TPSA) is 135 Å². The number of alkyl halides is 1. The Labute approximate surface area is 311 Å². The summed E-state index contributed by atoms with van der Waals surface area (Å²) in [5, 5.41) is 6.00. The van der Waals surface area contributed by atoms with Crippen LogP contribution in [0.3, 0.4) is 0 Å². The number of hydrogen-bond donors (Lipinski definition) is 2. The highest BCUT2D eigenvalue weighted by Crippen LogP contribution is 2.38. The van der Waals surface area contributed by atoms with Gasteiger partial charge < -0.3 is 29.6 Å². The molecular formula is C39H45F3N6O6. The van der Waals surface area contributed by atoms with Gasteiger partial charge in [0.05, 0.1) is 17.8 Å². The molecule has 3 aromatic rings. The number of benzene rings is 2. The largest absolute Gasteiger partial charge is 0.463 e. The van der Waals surface area contributed by atoms with Crippen LogP contribution in [0.1, 0.15) is 50.0 Å². The number of esters is 1. The van der Waals surface area contributed by atoms with Crippen molar-refractivity contribution in [2.24, 2.45) is 11.8 Å². The number of imide groups is 1. The van der Waals surface area contributed by atoms with E-state index in [1.54, 1.807) is 18.0 Å². The average Bonchev–Trinajstić information content (AvgIpc) is 3.86. The third kappa shape index (κ3) is 9.55. The Kier molecular flexibility index (Phi) is 12.8. The molecule has 15 heteroatoms.